The van der Waals surface area contributed by atoms with E-state index in [9.17, 15) is 14.4 Å². The summed E-state index contributed by atoms with van der Waals surface area (Å²) in [4.78, 5) is 38.9. The highest BCUT2D eigenvalue weighted by molar-refractivity contribution is 5.76. The molecule has 9 nitrogen and oxygen atoms in total. The molecule has 0 spiro atoms. The average molecular weight is 345 g/mol. The highest BCUT2D eigenvalue weighted by Gasteiger charge is 2.24. The number of nitrogens with zero attached hydrogens (tertiary/aromatic N) is 4. The minimum atomic E-state index is -0.503. The van der Waals surface area contributed by atoms with Crippen molar-refractivity contribution in [3.8, 4) is 5.88 Å². The van der Waals surface area contributed by atoms with E-state index in [-0.39, 0.29) is 25.0 Å². The van der Waals surface area contributed by atoms with Crippen LogP contribution in [0.4, 0.5) is 0 Å². The first-order valence-corrected chi connectivity index (χ1v) is 8.14. The van der Waals surface area contributed by atoms with Gasteiger partial charge in [-0.1, -0.05) is 0 Å². The maximum absolute atomic E-state index is 12.3. The number of H-pyrrole nitrogens is 1. The lowest BCUT2D eigenvalue weighted by atomic mass is 10.1. The van der Waals surface area contributed by atoms with Crippen LogP contribution in [0, 0.1) is 0 Å². The van der Waals surface area contributed by atoms with Crippen molar-refractivity contribution in [1.29, 1.82) is 0 Å². The molecule has 132 valence electrons. The Morgan fingerprint density at radius 3 is 2.76 bits per heavy atom. The topological polar surface area (TPSA) is 110 Å². The number of rotatable bonds is 5. The third-order valence-electron chi connectivity index (χ3n) is 4.09. The smallest absolute Gasteiger partial charge is 0.328 e. The van der Waals surface area contributed by atoms with Gasteiger partial charge in [-0.3, -0.25) is 14.6 Å². The van der Waals surface area contributed by atoms with E-state index in [1.54, 1.807) is 23.2 Å². The van der Waals surface area contributed by atoms with Crippen LogP contribution in [0.2, 0.25) is 0 Å². The van der Waals surface area contributed by atoms with Crippen molar-refractivity contribution in [2.45, 2.75) is 31.9 Å². The molecule has 0 saturated carbocycles. The molecule has 9 heteroatoms. The highest BCUT2D eigenvalue weighted by Crippen LogP contribution is 2.17. The maximum Gasteiger partial charge on any atom is 0.328 e. The van der Waals surface area contributed by atoms with Crippen molar-refractivity contribution in [3.63, 3.8) is 0 Å². The molecule has 1 fully saturated rings. The molecule has 0 atom stereocenters. The number of likely N-dealkylation sites (tertiary alicyclic amines) is 1. The standard InChI is InChI=1S/C16H19N5O4/c22-13-5-10-21(16(24)18-13)11-6-15(23)20-8-3-12(4-9-20)25-14-2-1-7-17-19-14/h1-2,5,7,10,12H,3-4,6,8-9,11H2,(H,18,22,24). The SMILES string of the molecule is O=C(CCn1ccc(=O)[nH]c1=O)N1CCC(Oc2cccnn2)CC1. The van der Waals surface area contributed by atoms with E-state index in [4.69, 9.17) is 4.74 Å². The van der Waals surface area contributed by atoms with Crippen molar-refractivity contribution in [2.24, 2.45) is 0 Å². The molecule has 1 aliphatic heterocycles. The number of piperidine rings is 1. The van der Waals surface area contributed by atoms with Crippen LogP contribution in [0.15, 0.2) is 40.2 Å². The number of hydrogen-bond acceptors (Lipinski definition) is 6. The number of aryl methyl sites for hydroxylation is 1. The number of aromatic amines is 1. The van der Waals surface area contributed by atoms with E-state index in [0.717, 1.165) is 12.8 Å². The zero-order chi connectivity index (χ0) is 17.6. The van der Waals surface area contributed by atoms with Crippen molar-refractivity contribution < 1.29 is 9.53 Å². The quantitative estimate of drug-likeness (QED) is 0.803. The number of ether oxygens (including phenoxy) is 1. The summed E-state index contributed by atoms with van der Waals surface area (Å²) in [7, 11) is 0. The van der Waals surface area contributed by atoms with Gasteiger partial charge in [-0.2, -0.15) is 5.10 Å². The molecule has 1 saturated heterocycles. The first-order chi connectivity index (χ1) is 12.1. The molecular weight excluding hydrogens is 326 g/mol. The zero-order valence-corrected chi connectivity index (χ0v) is 13.6. The van der Waals surface area contributed by atoms with Crippen LogP contribution in [-0.2, 0) is 11.3 Å². The lowest BCUT2D eigenvalue weighted by molar-refractivity contribution is -0.133. The van der Waals surface area contributed by atoms with Crippen LogP contribution in [0.3, 0.4) is 0 Å². The fourth-order valence-electron chi connectivity index (χ4n) is 2.74. The fourth-order valence-corrected chi connectivity index (χ4v) is 2.74. The van der Waals surface area contributed by atoms with Gasteiger partial charge < -0.3 is 14.2 Å². The van der Waals surface area contributed by atoms with Gasteiger partial charge in [0.1, 0.15) is 6.10 Å². The molecule has 0 unspecified atom stereocenters. The Bertz CT molecular complexity index is 824. The number of hydrogen-bond donors (Lipinski definition) is 1. The Morgan fingerprint density at radius 1 is 1.28 bits per heavy atom. The number of amides is 1. The average Bonchev–Trinajstić information content (AvgIpc) is 2.62. The molecule has 0 aliphatic carbocycles. The summed E-state index contributed by atoms with van der Waals surface area (Å²) >= 11 is 0. The molecule has 0 bridgehead atoms. The second-order valence-electron chi connectivity index (χ2n) is 5.81. The number of aromatic nitrogens is 4. The lowest BCUT2D eigenvalue weighted by Gasteiger charge is -2.32. The van der Waals surface area contributed by atoms with Crippen molar-refractivity contribution in [3.05, 3.63) is 51.4 Å². The van der Waals surface area contributed by atoms with Crippen molar-refractivity contribution in [1.82, 2.24) is 24.6 Å². The Balaban J connectivity index is 1.46. The third kappa shape index (κ3) is 4.52. The molecule has 3 rings (SSSR count). The van der Waals surface area contributed by atoms with Crippen molar-refractivity contribution >= 4 is 5.91 Å². The summed E-state index contributed by atoms with van der Waals surface area (Å²) in [5.74, 6) is 0.473. The van der Waals surface area contributed by atoms with Gasteiger partial charge in [0.15, 0.2) is 0 Å². The van der Waals surface area contributed by atoms with Gasteiger partial charge in [0, 0.05) is 63.4 Å². The molecule has 2 aromatic heterocycles. The Morgan fingerprint density at radius 2 is 2.08 bits per heavy atom. The van der Waals surface area contributed by atoms with Gasteiger partial charge in [0.05, 0.1) is 0 Å². The van der Waals surface area contributed by atoms with Gasteiger partial charge in [-0.15, -0.1) is 5.10 Å². The summed E-state index contributed by atoms with van der Waals surface area (Å²) in [6.07, 6.45) is 4.66. The number of carbonyl (C=O) groups is 1. The Labute approximate surface area is 143 Å². The minimum absolute atomic E-state index is 0.0163. The molecular formula is C16H19N5O4. The molecule has 1 aliphatic rings. The van der Waals surface area contributed by atoms with Crippen LogP contribution in [0.1, 0.15) is 19.3 Å². The summed E-state index contributed by atoms with van der Waals surface area (Å²) in [5.41, 5.74) is -0.950. The minimum Gasteiger partial charge on any atom is -0.473 e. The monoisotopic (exact) mass is 345 g/mol. The second-order valence-corrected chi connectivity index (χ2v) is 5.81. The highest BCUT2D eigenvalue weighted by atomic mass is 16.5. The van der Waals surface area contributed by atoms with Gasteiger partial charge in [0.25, 0.3) is 5.56 Å². The second kappa shape index (κ2) is 7.73. The van der Waals surface area contributed by atoms with Gasteiger partial charge in [-0.05, 0) is 6.07 Å². The number of nitrogens with one attached hydrogen (secondary N) is 1. The zero-order valence-electron chi connectivity index (χ0n) is 13.6. The van der Waals surface area contributed by atoms with Crippen LogP contribution < -0.4 is 16.0 Å². The fraction of sp³-hybridized carbons (Fsp3) is 0.438. The van der Waals surface area contributed by atoms with Crippen molar-refractivity contribution in [2.75, 3.05) is 13.1 Å². The first-order valence-electron chi connectivity index (χ1n) is 8.14. The van der Waals surface area contributed by atoms with E-state index in [1.807, 2.05) is 0 Å². The van der Waals surface area contributed by atoms with E-state index in [1.165, 1.54) is 16.8 Å². The lowest BCUT2D eigenvalue weighted by Crippen LogP contribution is -2.42. The molecule has 1 amide bonds. The van der Waals surface area contributed by atoms with E-state index in [0.29, 0.717) is 19.0 Å². The molecule has 1 N–H and O–H groups in total. The summed E-state index contributed by atoms with van der Waals surface area (Å²) in [5, 5.41) is 7.66. The van der Waals surface area contributed by atoms with Gasteiger partial charge in [0.2, 0.25) is 11.8 Å². The number of carbonyl (C=O) groups excluding carboxylic acids is 1. The molecule has 3 heterocycles. The van der Waals surface area contributed by atoms with Crippen LogP contribution in [0.5, 0.6) is 5.88 Å². The summed E-state index contributed by atoms with van der Waals surface area (Å²) in [6.45, 7) is 1.44. The first kappa shape index (κ1) is 16.9. The van der Waals surface area contributed by atoms with Gasteiger partial charge >= 0.3 is 5.69 Å². The molecule has 0 aromatic carbocycles. The largest absolute Gasteiger partial charge is 0.473 e. The van der Waals surface area contributed by atoms with E-state index < -0.39 is 11.2 Å². The van der Waals surface area contributed by atoms with E-state index >= 15 is 0 Å². The Hall–Kier alpha value is -2.97. The normalized spacial score (nSPS) is 15.1. The molecule has 2 aromatic rings. The van der Waals surface area contributed by atoms with Crippen LogP contribution in [0.25, 0.3) is 0 Å². The summed E-state index contributed by atoms with van der Waals surface area (Å²) in [6, 6.07) is 4.79. The maximum atomic E-state index is 12.3. The van der Waals surface area contributed by atoms with E-state index in [2.05, 4.69) is 15.2 Å². The predicted molar refractivity (Wildman–Crippen MR) is 88.2 cm³/mol. The van der Waals surface area contributed by atoms with Crippen LogP contribution in [-0.4, -0.2) is 49.7 Å². The molecule has 0 radical (unpaired) electrons. The predicted octanol–water partition coefficient (Wildman–Crippen LogP) is -0.213. The Kier molecular flexibility index (Phi) is 5.22. The third-order valence-corrected chi connectivity index (χ3v) is 4.09. The summed E-state index contributed by atoms with van der Waals surface area (Å²) < 4.78 is 7.07. The molecule has 25 heavy (non-hydrogen) atoms. The van der Waals surface area contributed by atoms with Crippen LogP contribution >= 0.6 is 0 Å². The van der Waals surface area contributed by atoms with Gasteiger partial charge in [-0.25, -0.2) is 4.79 Å².